The summed E-state index contributed by atoms with van der Waals surface area (Å²) in [6, 6.07) is 0. The number of esters is 2. The Morgan fingerprint density at radius 2 is 0.659 bits per heavy atom. The molecule has 0 rings (SSSR count). The van der Waals surface area contributed by atoms with Crippen molar-refractivity contribution < 1.29 is 42.1 Å². The van der Waals surface area contributed by atoms with E-state index in [1.807, 2.05) is 21.1 Å². The van der Waals surface area contributed by atoms with E-state index in [1.54, 1.807) is 0 Å². The van der Waals surface area contributed by atoms with Gasteiger partial charge in [0.15, 0.2) is 6.10 Å². The molecule has 0 amide bonds. The van der Waals surface area contributed by atoms with Crippen LogP contribution < -0.4 is 4.89 Å². The van der Waals surface area contributed by atoms with Crippen LogP contribution in [0, 0.1) is 0 Å². The molecule has 0 aliphatic heterocycles. The van der Waals surface area contributed by atoms with Crippen molar-refractivity contribution in [2.75, 3.05) is 47.5 Å². The summed E-state index contributed by atoms with van der Waals surface area (Å²) in [5.74, 6) is -0.818. The van der Waals surface area contributed by atoms with Gasteiger partial charge in [-0.2, -0.15) is 0 Å². The summed E-state index contributed by atoms with van der Waals surface area (Å²) in [4.78, 5) is 38.0. The number of carbonyl (C=O) groups is 2. The molecule has 0 aromatic carbocycles. The maximum absolute atomic E-state index is 12.9. The Bertz CT molecular complexity index is 1520. The molecule has 482 valence electrons. The Balaban J connectivity index is 3.92. The fraction of sp³-hybridized carbons (Fsp3) is 0.861. The first-order valence-electron chi connectivity index (χ1n) is 35.3. The lowest BCUT2D eigenvalue weighted by Crippen LogP contribution is -2.37. The highest BCUT2D eigenvalue weighted by Crippen LogP contribution is 2.38. The molecule has 10 heteroatoms. The molecule has 0 aromatic heterocycles. The predicted molar refractivity (Wildman–Crippen MR) is 351 cm³/mol. The van der Waals surface area contributed by atoms with E-state index in [4.69, 9.17) is 18.5 Å². The molecule has 82 heavy (non-hydrogen) atoms. The zero-order valence-electron chi connectivity index (χ0n) is 55.0. The molecule has 0 saturated carbocycles. The van der Waals surface area contributed by atoms with E-state index >= 15 is 0 Å². The highest BCUT2D eigenvalue weighted by Gasteiger charge is 2.22. The largest absolute Gasteiger partial charge is 0.756 e. The van der Waals surface area contributed by atoms with E-state index in [0.29, 0.717) is 17.4 Å². The van der Waals surface area contributed by atoms with Crippen molar-refractivity contribution in [2.45, 2.75) is 354 Å². The minimum atomic E-state index is -4.64. The van der Waals surface area contributed by atoms with E-state index in [0.717, 1.165) is 44.9 Å². The molecule has 9 nitrogen and oxygen atoms in total. The van der Waals surface area contributed by atoms with Crippen LogP contribution in [0.4, 0.5) is 0 Å². The van der Waals surface area contributed by atoms with Crippen molar-refractivity contribution in [2.24, 2.45) is 0 Å². The first-order chi connectivity index (χ1) is 40.0. The third-order valence-corrected chi connectivity index (χ3v) is 16.8. The second-order valence-corrected chi connectivity index (χ2v) is 26.7. The minimum absolute atomic E-state index is 0.0291. The number of hydrogen-bond acceptors (Lipinski definition) is 8. The van der Waals surface area contributed by atoms with Crippen molar-refractivity contribution in [1.82, 2.24) is 0 Å². The molecule has 0 saturated heterocycles. The summed E-state index contributed by atoms with van der Waals surface area (Å²) in [6.07, 6.45) is 82.1. The van der Waals surface area contributed by atoms with E-state index in [9.17, 15) is 19.0 Å². The first-order valence-corrected chi connectivity index (χ1v) is 36.8. The number of ether oxygens (including phenoxy) is 2. The van der Waals surface area contributed by atoms with Gasteiger partial charge in [-0.15, -0.1) is 0 Å². The van der Waals surface area contributed by atoms with Gasteiger partial charge in [0.2, 0.25) is 0 Å². The highest BCUT2D eigenvalue weighted by atomic mass is 31.2. The normalized spacial score (nSPS) is 13.4. The average Bonchev–Trinajstić information content (AvgIpc) is 3.46. The van der Waals surface area contributed by atoms with Crippen LogP contribution in [0.15, 0.2) is 48.6 Å². The molecule has 0 fully saturated rings. The molecular formula is C72H136NO8P. The molecule has 0 aliphatic carbocycles. The van der Waals surface area contributed by atoms with E-state index in [2.05, 4.69) is 62.5 Å². The number of phosphoric acid groups is 1. The van der Waals surface area contributed by atoms with E-state index < -0.39 is 26.5 Å². The monoisotopic (exact) mass is 1170 g/mol. The van der Waals surface area contributed by atoms with E-state index in [-0.39, 0.29) is 32.0 Å². The number of quaternary nitrogens is 1. The zero-order chi connectivity index (χ0) is 59.8. The Hall–Kier alpha value is -2.03. The van der Waals surface area contributed by atoms with Crippen LogP contribution in [0.25, 0.3) is 0 Å². The molecular weight excluding hydrogens is 1040 g/mol. The second-order valence-electron chi connectivity index (χ2n) is 25.2. The lowest BCUT2D eigenvalue weighted by molar-refractivity contribution is -0.870. The molecule has 0 spiro atoms. The lowest BCUT2D eigenvalue weighted by atomic mass is 10.0. The van der Waals surface area contributed by atoms with Gasteiger partial charge in [0, 0.05) is 12.8 Å². The van der Waals surface area contributed by atoms with E-state index in [1.165, 1.54) is 270 Å². The van der Waals surface area contributed by atoms with Crippen LogP contribution >= 0.6 is 7.82 Å². The van der Waals surface area contributed by atoms with Gasteiger partial charge in [-0.25, -0.2) is 0 Å². The Morgan fingerprint density at radius 3 is 0.988 bits per heavy atom. The fourth-order valence-electron chi connectivity index (χ4n) is 10.4. The maximum atomic E-state index is 12.9. The Kier molecular flexibility index (Phi) is 61.9. The molecule has 0 aliphatic rings. The predicted octanol–water partition coefficient (Wildman–Crippen LogP) is 22.2. The molecule has 0 N–H and O–H groups in total. The topological polar surface area (TPSA) is 111 Å². The SMILES string of the molecule is CCCCCCC/C=C\C/C=C\C/C=C\CCCCCCCCCCCCCCCCCCCCCCCCCCC(=O)OC(COC(=O)CCCCCCCCCCC/C=C\CCCCCCCC)COP(=O)([O-])OCC[N+](C)(C)C. The van der Waals surface area contributed by atoms with Gasteiger partial charge in [0.25, 0.3) is 7.82 Å². The number of hydrogen-bond donors (Lipinski definition) is 0. The second kappa shape index (κ2) is 63.5. The van der Waals surface area contributed by atoms with Gasteiger partial charge in [0.1, 0.15) is 19.8 Å². The van der Waals surface area contributed by atoms with Crippen LogP contribution in [0.5, 0.6) is 0 Å². The van der Waals surface area contributed by atoms with Crippen molar-refractivity contribution >= 4 is 19.8 Å². The van der Waals surface area contributed by atoms with Crippen molar-refractivity contribution in [3.63, 3.8) is 0 Å². The summed E-state index contributed by atoms with van der Waals surface area (Å²) in [6.45, 7) is 4.27. The highest BCUT2D eigenvalue weighted by molar-refractivity contribution is 7.45. The lowest BCUT2D eigenvalue weighted by Gasteiger charge is -2.28. The number of unbranched alkanes of at least 4 members (excludes halogenated alkanes) is 44. The summed E-state index contributed by atoms with van der Waals surface area (Å²) >= 11 is 0. The molecule has 2 atom stereocenters. The number of rotatable bonds is 66. The molecule has 0 radical (unpaired) electrons. The van der Waals surface area contributed by atoms with Gasteiger partial charge >= 0.3 is 11.9 Å². The van der Waals surface area contributed by atoms with Gasteiger partial charge < -0.3 is 27.9 Å². The smallest absolute Gasteiger partial charge is 0.306 e. The molecule has 0 heterocycles. The van der Waals surface area contributed by atoms with Crippen LogP contribution in [-0.2, 0) is 32.7 Å². The summed E-state index contributed by atoms with van der Waals surface area (Å²) < 4.78 is 34.3. The Labute approximate surface area is 509 Å². The Morgan fingerprint density at radius 1 is 0.378 bits per heavy atom. The fourth-order valence-corrected chi connectivity index (χ4v) is 11.1. The average molecular weight is 1170 g/mol. The number of nitrogens with zero attached hydrogens (tertiary/aromatic N) is 1. The summed E-state index contributed by atoms with van der Waals surface area (Å²) in [5.41, 5.74) is 0. The number of phosphoric ester groups is 1. The van der Waals surface area contributed by atoms with Crippen LogP contribution in [0.3, 0.4) is 0 Å². The maximum Gasteiger partial charge on any atom is 0.306 e. The zero-order valence-corrected chi connectivity index (χ0v) is 55.8. The molecule has 2 unspecified atom stereocenters. The third-order valence-electron chi connectivity index (χ3n) is 15.8. The van der Waals surface area contributed by atoms with Gasteiger partial charge in [-0.1, -0.05) is 306 Å². The summed E-state index contributed by atoms with van der Waals surface area (Å²) in [7, 11) is 1.18. The third kappa shape index (κ3) is 67.1. The van der Waals surface area contributed by atoms with Crippen molar-refractivity contribution in [3.05, 3.63) is 48.6 Å². The van der Waals surface area contributed by atoms with Crippen molar-refractivity contribution in [1.29, 1.82) is 0 Å². The number of carbonyl (C=O) groups excluding carboxylic acids is 2. The van der Waals surface area contributed by atoms with Gasteiger partial charge in [-0.05, 0) is 77.0 Å². The minimum Gasteiger partial charge on any atom is -0.756 e. The summed E-state index contributed by atoms with van der Waals surface area (Å²) in [5, 5.41) is 0. The number of allylic oxidation sites excluding steroid dienone is 8. The van der Waals surface area contributed by atoms with Crippen LogP contribution in [0.2, 0.25) is 0 Å². The standard InChI is InChI=1S/C72H136NO8P/c1-6-8-10-12-14-16-18-20-22-24-26-27-28-29-30-31-32-33-34-35-36-37-38-39-40-41-42-43-44-45-47-49-51-53-55-57-59-61-63-65-72(75)81-70(69-80-82(76,77)79-67-66-73(3,4)5)68-78-71(74)64-62-60-58-56-54-52-50-48-46-25-23-21-19-17-15-13-11-9-7-2/h18,20-21,23-24,26,28-29,70H,6-17,19,22,25,27,30-69H2,1-5H3/b20-18-,23-21-,26-24-,29-28-. The van der Waals surface area contributed by atoms with Crippen molar-refractivity contribution in [3.8, 4) is 0 Å². The molecule has 0 bridgehead atoms. The number of likely N-dealkylation sites (N-methyl/N-ethyl adjacent to an activating group) is 1. The first kappa shape index (κ1) is 80.0. The van der Waals surface area contributed by atoms with Crippen LogP contribution in [-0.4, -0.2) is 70.0 Å². The molecule has 0 aromatic rings. The van der Waals surface area contributed by atoms with Gasteiger partial charge in [0.05, 0.1) is 27.7 Å². The quantitative estimate of drug-likeness (QED) is 0.0195. The van der Waals surface area contributed by atoms with Crippen LogP contribution in [0.1, 0.15) is 348 Å². The van der Waals surface area contributed by atoms with Gasteiger partial charge in [-0.3, -0.25) is 14.2 Å².